The molecule has 0 aromatic heterocycles. The Bertz CT molecular complexity index is 274. The monoisotopic (exact) mass is 170 g/mol. The quantitative estimate of drug-likeness (QED) is 0.632. The van der Waals surface area contributed by atoms with Crippen LogP contribution in [0.5, 0.6) is 0 Å². The standard InChI is InChI=1S/C7H8NO2S/c9-11(10)8-6-7-4-2-1-3-5-7/h2-5,11H,6H2,(H,8,9,10). The van der Waals surface area contributed by atoms with Crippen molar-refractivity contribution >= 4 is 10.9 Å². The molecule has 0 aliphatic heterocycles. The summed E-state index contributed by atoms with van der Waals surface area (Å²) in [6, 6.07) is 9.95. The zero-order valence-corrected chi connectivity index (χ0v) is 6.67. The lowest BCUT2D eigenvalue weighted by Gasteiger charge is -1.95. The minimum Gasteiger partial charge on any atom is -0.216 e. The van der Waals surface area contributed by atoms with E-state index < -0.39 is 10.9 Å². The Morgan fingerprint density at radius 3 is 2.55 bits per heavy atom. The summed E-state index contributed by atoms with van der Waals surface area (Å²) in [6.07, 6.45) is 0. The Kier molecular flexibility index (Phi) is 3.07. The number of hydrogen-bond acceptors (Lipinski definition) is 2. The maximum Gasteiger partial charge on any atom is 0.201 e. The van der Waals surface area contributed by atoms with E-state index in [0.717, 1.165) is 5.56 Å². The average Bonchev–Trinajstić information content (AvgIpc) is 2.03. The van der Waals surface area contributed by atoms with Crippen LogP contribution in [0.15, 0.2) is 24.3 Å². The molecule has 1 radical (unpaired) electrons. The van der Waals surface area contributed by atoms with Crippen LogP contribution in [0.2, 0.25) is 0 Å². The first kappa shape index (κ1) is 8.23. The van der Waals surface area contributed by atoms with Crippen LogP contribution in [0.4, 0.5) is 0 Å². The van der Waals surface area contributed by atoms with Gasteiger partial charge in [-0.3, -0.25) is 0 Å². The molecule has 11 heavy (non-hydrogen) atoms. The minimum absolute atomic E-state index is 0.355. The van der Waals surface area contributed by atoms with E-state index >= 15 is 0 Å². The van der Waals surface area contributed by atoms with Gasteiger partial charge < -0.3 is 0 Å². The first-order valence-electron chi connectivity index (χ1n) is 3.12. The van der Waals surface area contributed by atoms with Crippen molar-refractivity contribution < 1.29 is 8.42 Å². The van der Waals surface area contributed by atoms with Gasteiger partial charge in [-0.15, -0.1) is 0 Å². The second-order valence-corrected chi connectivity index (χ2v) is 2.83. The molecule has 0 saturated heterocycles. The van der Waals surface area contributed by atoms with Gasteiger partial charge >= 0.3 is 0 Å². The van der Waals surface area contributed by atoms with Gasteiger partial charge in [0, 0.05) is 6.54 Å². The maximum atomic E-state index is 10.1. The van der Waals surface area contributed by atoms with Crippen LogP contribution in [0, 0.1) is 6.07 Å². The van der Waals surface area contributed by atoms with Gasteiger partial charge in [0.2, 0.25) is 10.9 Å². The molecule has 0 atom stereocenters. The molecular formula is C7H8NO2S. The van der Waals surface area contributed by atoms with Gasteiger partial charge in [-0.1, -0.05) is 24.3 Å². The van der Waals surface area contributed by atoms with Crippen LogP contribution in [-0.4, -0.2) is 8.42 Å². The van der Waals surface area contributed by atoms with Crippen molar-refractivity contribution in [3.8, 4) is 0 Å². The van der Waals surface area contributed by atoms with E-state index in [4.69, 9.17) is 0 Å². The number of benzene rings is 1. The van der Waals surface area contributed by atoms with Gasteiger partial charge in [0.05, 0.1) is 0 Å². The summed E-state index contributed by atoms with van der Waals surface area (Å²) in [5, 5.41) is 0. The van der Waals surface area contributed by atoms with E-state index in [-0.39, 0.29) is 0 Å². The van der Waals surface area contributed by atoms with Crippen LogP contribution < -0.4 is 4.72 Å². The highest BCUT2D eigenvalue weighted by molar-refractivity contribution is 7.70. The van der Waals surface area contributed by atoms with E-state index in [1.165, 1.54) is 0 Å². The molecule has 1 N–H and O–H groups in total. The second kappa shape index (κ2) is 4.10. The highest BCUT2D eigenvalue weighted by Crippen LogP contribution is 1.95. The number of hydrogen-bond donors (Lipinski definition) is 2. The number of nitrogens with one attached hydrogen (secondary N) is 1. The lowest BCUT2D eigenvalue weighted by molar-refractivity contribution is 0.601. The molecule has 1 aromatic carbocycles. The largest absolute Gasteiger partial charge is 0.216 e. The van der Waals surface area contributed by atoms with Crippen molar-refractivity contribution in [3.05, 3.63) is 35.9 Å². The van der Waals surface area contributed by atoms with Crippen LogP contribution >= 0.6 is 0 Å². The lowest BCUT2D eigenvalue weighted by atomic mass is 10.2. The molecule has 0 heterocycles. The summed E-state index contributed by atoms with van der Waals surface area (Å²) in [4.78, 5) is 0. The fourth-order valence-electron chi connectivity index (χ4n) is 0.695. The van der Waals surface area contributed by atoms with E-state index in [2.05, 4.69) is 10.8 Å². The lowest BCUT2D eigenvalue weighted by Crippen LogP contribution is -2.09. The molecule has 0 unspecified atom stereocenters. The zero-order valence-electron chi connectivity index (χ0n) is 5.78. The third-order valence-corrected chi connectivity index (χ3v) is 1.62. The molecule has 0 saturated carbocycles. The summed E-state index contributed by atoms with van der Waals surface area (Å²) in [6.45, 7) is 0.355. The topological polar surface area (TPSA) is 46.2 Å². The highest BCUT2D eigenvalue weighted by Gasteiger charge is 1.88. The molecule has 0 aliphatic rings. The molecule has 59 valence electrons. The second-order valence-electron chi connectivity index (χ2n) is 2.00. The Hall–Kier alpha value is -0.870. The fourth-order valence-corrected chi connectivity index (χ4v) is 1.01. The predicted molar refractivity (Wildman–Crippen MR) is 42.4 cm³/mol. The third kappa shape index (κ3) is 3.15. The summed E-state index contributed by atoms with van der Waals surface area (Å²) in [5.74, 6) is 0. The van der Waals surface area contributed by atoms with Crippen LogP contribution in [0.25, 0.3) is 0 Å². The van der Waals surface area contributed by atoms with E-state index in [1.807, 2.05) is 12.1 Å². The zero-order chi connectivity index (χ0) is 8.10. The molecular weight excluding hydrogens is 162 g/mol. The highest BCUT2D eigenvalue weighted by atomic mass is 32.2. The van der Waals surface area contributed by atoms with Crippen molar-refractivity contribution in [2.24, 2.45) is 0 Å². The normalized spacial score (nSPS) is 10.3. The van der Waals surface area contributed by atoms with E-state index in [1.54, 1.807) is 12.1 Å². The molecule has 0 bridgehead atoms. The molecule has 0 aliphatic carbocycles. The summed E-state index contributed by atoms with van der Waals surface area (Å²) in [7, 11) is -2.48. The predicted octanol–water partition coefficient (Wildman–Crippen LogP) is 0.103. The molecule has 4 heteroatoms. The Morgan fingerprint density at radius 2 is 2.00 bits per heavy atom. The van der Waals surface area contributed by atoms with Crippen molar-refractivity contribution in [3.63, 3.8) is 0 Å². The van der Waals surface area contributed by atoms with Gasteiger partial charge in [-0.25, -0.2) is 13.1 Å². The van der Waals surface area contributed by atoms with Crippen LogP contribution in [0.1, 0.15) is 5.56 Å². The molecule has 0 fully saturated rings. The van der Waals surface area contributed by atoms with Gasteiger partial charge in [0.25, 0.3) is 0 Å². The first-order chi connectivity index (χ1) is 5.29. The summed E-state index contributed by atoms with van der Waals surface area (Å²) >= 11 is 0. The van der Waals surface area contributed by atoms with Gasteiger partial charge in [0.15, 0.2) is 0 Å². The minimum atomic E-state index is -2.48. The molecule has 3 nitrogen and oxygen atoms in total. The Balaban J connectivity index is 2.52. The molecule has 1 rings (SSSR count). The van der Waals surface area contributed by atoms with Crippen molar-refractivity contribution in [1.82, 2.24) is 4.72 Å². The van der Waals surface area contributed by atoms with Gasteiger partial charge in [-0.2, -0.15) is 0 Å². The smallest absolute Gasteiger partial charge is 0.201 e. The van der Waals surface area contributed by atoms with Crippen molar-refractivity contribution in [1.29, 1.82) is 0 Å². The SMILES string of the molecule is O=[SH](=O)NCc1cc[c]cc1. The van der Waals surface area contributed by atoms with Gasteiger partial charge in [-0.05, 0) is 11.6 Å². The molecule has 0 spiro atoms. The summed E-state index contributed by atoms with van der Waals surface area (Å²) in [5.41, 5.74) is 0.933. The Labute approximate surface area is 67.1 Å². The van der Waals surface area contributed by atoms with Gasteiger partial charge in [0.1, 0.15) is 0 Å². The third-order valence-electron chi connectivity index (χ3n) is 1.20. The van der Waals surface area contributed by atoms with Crippen LogP contribution in [-0.2, 0) is 17.4 Å². The van der Waals surface area contributed by atoms with Crippen LogP contribution in [0.3, 0.4) is 0 Å². The number of thiol groups is 1. The fraction of sp³-hybridized carbons (Fsp3) is 0.143. The van der Waals surface area contributed by atoms with E-state index in [0.29, 0.717) is 6.54 Å². The van der Waals surface area contributed by atoms with Crippen molar-refractivity contribution in [2.45, 2.75) is 6.54 Å². The summed E-state index contributed by atoms with van der Waals surface area (Å²) < 4.78 is 22.5. The first-order valence-corrected chi connectivity index (χ1v) is 4.29. The van der Waals surface area contributed by atoms with Crippen molar-refractivity contribution in [2.75, 3.05) is 0 Å². The molecule has 0 amide bonds. The molecule has 1 aromatic rings. The van der Waals surface area contributed by atoms with E-state index in [9.17, 15) is 8.42 Å². The average molecular weight is 170 g/mol. The number of rotatable bonds is 3. The maximum absolute atomic E-state index is 10.1. The Morgan fingerprint density at radius 1 is 1.36 bits per heavy atom.